The molecule has 0 bridgehead atoms. The first-order valence-corrected chi connectivity index (χ1v) is 11.6. The zero-order valence-electron chi connectivity index (χ0n) is 19.7. The van der Waals surface area contributed by atoms with Crippen molar-refractivity contribution in [1.82, 2.24) is 24.1 Å². The number of nitrogens with one attached hydrogen (secondary N) is 1. The second kappa shape index (κ2) is 9.51. The highest BCUT2D eigenvalue weighted by Gasteiger charge is 2.19. The van der Waals surface area contributed by atoms with Gasteiger partial charge in [0.2, 0.25) is 5.78 Å². The average Bonchev–Trinajstić information content (AvgIpc) is 3.17. The van der Waals surface area contributed by atoms with Crippen molar-refractivity contribution >= 4 is 28.7 Å². The van der Waals surface area contributed by atoms with Crippen LogP contribution >= 0.6 is 0 Å². The Balaban J connectivity index is 1.91. The summed E-state index contributed by atoms with van der Waals surface area (Å²) >= 11 is 0. The van der Waals surface area contributed by atoms with Gasteiger partial charge in [0.05, 0.1) is 17.4 Å². The SMILES string of the molecule is C=Cc1ccc(Cn2nc3n(CCC)c(=O)c4ccc(C(=O)NC(C)CC)cc4n3c2=O)cc1. The van der Waals surface area contributed by atoms with E-state index in [9.17, 15) is 14.4 Å². The molecule has 34 heavy (non-hydrogen) atoms. The van der Waals surface area contributed by atoms with Gasteiger partial charge in [-0.25, -0.2) is 13.9 Å². The van der Waals surface area contributed by atoms with Crippen molar-refractivity contribution in [3.8, 4) is 0 Å². The van der Waals surface area contributed by atoms with E-state index in [2.05, 4.69) is 17.0 Å². The molecule has 0 spiro atoms. The van der Waals surface area contributed by atoms with Crippen LogP contribution in [0.1, 0.15) is 55.1 Å². The van der Waals surface area contributed by atoms with Gasteiger partial charge in [-0.2, -0.15) is 0 Å². The van der Waals surface area contributed by atoms with E-state index in [4.69, 9.17) is 0 Å². The molecule has 0 saturated carbocycles. The summed E-state index contributed by atoms with van der Waals surface area (Å²) in [5, 5.41) is 7.83. The lowest BCUT2D eigenvalue weighted by Gasteiger charge is -2.13. The number of aromatic nitrogens is 4. The van der Waals surface area contributed by atoms with Crippen LogP contribution in [0.5, 0.6) is 0 Å². The largest absolute Gasteiger partial charge is 0.352 e. The van der Waals surface area contributed by atoms with Gasteiger partial charge in [0, 0.05) is 18.2 Å². The Morgan fingerprint density at radius 1 is 1.15 bits per heavy atom. The Labute approximate surface area is 197 Å². The minimum Gasteiger partial charge on any atom is -0.350 e. The molecule has 1 N–H and O–H groups in total. The lowest BCUT2D eigenvalue weighted by atomic mass is 10.1. The number of aryl methyl sites for hydroxylation is 1. The molecule has 8 heteroatoms. The second-order valence-corrected chi connectivity index (χ2v) is 8.49. The van der Waals surface area contributed by atoms with Crippen molar-refractivity contribution in [2.24, 2.45) is 0 Å². The Bertz CT molecular complexity index is 1490. The topological polar surface area (TPSA) is 90.4 Å². The highest BCUT2D eigenvalue weighted by molar-refractivity contribution is 5.98. The van der Waals surface area contributed by atoms with Crippen molar-refractivity contribution in [2.45, 2.75) is 52.7 Å². The van der Waals surface area contributed by atoms with Crippen molar-refractivity contribution < 1.29 is 4.79 Å². The average molecular weight is 460 g/mol. The third kappa shape index (κ3) is 4.19. The first-order chi connectivity index (χ1) is 16.4. The van der Waals surface area contributed by atoms with E-state index in [0.717, 1.165) is 17.5 Å². The van der Waals surface area contributed by atoms with Gasteiger partial charge in [-0.3, -0.25) is 14.2 Å². The van der Waals surface area contributed by atoms with Crippen molar-refractivity contribution in [3.05, 3.63) is 86.6 Å². The second-order valence-electron chi connectivity index (χ2n) is 8.49. The molecular weight excluding hydrogens is 430 g/mol. The molecule has 0 saturated heterocycles. The van der Waals surface area contributed by atoms with Gasteiger partial charge in [0.15, 0.2) is 0 Å². The lowest BCUT2D eigenvalue weighted by molar-refractivity contribution is 0.0939. The van der Waals surface area contributed by atoms with E-state index >= 15 is 0 Å². The molecular formula is C26H29N5O3. The highest BCUT2D eigenvalue weighted by Crippen LogP contribution is 2.15. The molecule has 4 rings (SSSR count). The van der Waals surface area contributed by atoms with E-state index in [0.29, 0.717) is 29.4 Å². The summed E-state index contributed by atoms with van der Waals surface area (Å²) in [5.74, 6) is 0.0245. The van der Waals surface area contributed by atoms with Gasteiger partial charge in [-0.1, -0.05) is 50.8 Å². The summed E-state index contributed by atoms with van der Waals surface area (Å²) in [7, 11) is 0. The Morgan fingerprint density at radius 3 is 2.53 bits per heavy atom. The van der Waals surface area contributed by atoms with Gasteiger partial charge >= 0.3 is 5.69 Å². The minimum absolute atomic E-state index is 0.0127. The number of hydrogen-bond donors (Lipinski definition) is 1. The first kappa shape index (κ1) is 23.2. The Hall–Kier alpha value is -3.94. The van der Waals surface area contributed by atoms with Crippen LogP contribution in [0.2, 0.25) is 0 Å². The van der Waals surface area contributed by atoms with E-state index in [1.54, 1.807) is 24.3 Å². The summed E-state index contributed by atoms with van der Waals surface area (Å²) < 4.78 is 4.32. The standard InChI is InChI=1S/C26H29N5O3/c1-5-14-29-24(33)21-13-12-20(23(32)27-17(4)6-2)15-22(21)31-25(29)28-30(26(31)34)16-19-10-8-18(7-3)9-11-19/h7-13,15,17H,3,5-6,14,16H2,1-2,4H3,(H,27,32). The number of carbonyl (C=O) groups excluding carboxylic acids is 1. The summed E-state index contributed by atoms with van der Waals surface area (Å²) in [4.78, 5) is 39.5. The summed E-state index contributed by atoms with van der Waals surface area (Å²) in [6, 6.07) is 12.5. The van der Waals surface area contributed by atoms with Gasteiger partial charge in [0.1, 0.15) is 0 Å². The molecule has 2 aromatic heterocycles. The third-order valence-electron chi connectivity index (χ3n) is 6.02. The monoisotopic (exact) mass is 459 g/mol. The van der Waals surface area contributed by atoms with E-state index in [1.807, 2.05) is 45.0 Å². The zero-order chi connectivity index (χ0) is 24.4. The molecule has 0 aliphatic heterocycles. The molecule has 0 aliphatic carbocycles. The molecule has 176 valence electrons. The number of rotatable bonds is 8. The zero-order valence-corrected chi connectivity index (χ0v) is 19.7. The number of carbonyl (C=O) groups is 1. The summed E-state index contributed by atoms with van der Waals surface area (Å²) in [6.45, 7) is 10.3. The fourth-order valence-electron chi connectivity index (χ4n) is 3.93. The van der Waals surface area contributed by atoms with Crippen molar-refractivity contribution in [2.75, 3.05) is 0 Å². The molecule has 4 aromatic rings. The molecule has 2 heterocycles. The summed E-state index contributed by atoms with van der Waals surface area (Å²) in [5.41, 5.74) is 2.06. The van der Waals surface area contributed by atoms with Gasteiger partial charge < -0.3 is 5.32 Å². The van der Waals surface area contributed by atoms with Crippen LogP contribution in [0, 0.1) is 0 Å². The van der Waals surface area contributed by atoms with Gasteiger partial charge in [-0.15, -0.1) is 5.10 Å². The Morgan fingerprint density at radius 2 is 1.88 bits per heavy atom. The highest BCUT2D eigenvalue weighted by atomic mass is 16.2. The van der Waals surface area contributed by atoms with Crippen LogP contribution in [0.3, 0.4) is 0 Å². The van der Waals surface area contributed by atoms with Gasteiger partial charge in [-0.05, 0) is 49.1 Å². The van der Waals surface area contributed by atoms with E-state index in [-0.39, 0.29) is 35.5 Å². The number of fused-ring (bicyclic) bond motifs is 3. The smallest absolute Gasteiger partial charge is 0.350 e. The number of benzene rings is 2. The maximum Gasteiger partial charge on any atom is 0.352 e. The van der Waals surface area contributed by atoms with Crippen LogP contribution in [0.25, 0.3) is 22.8 Å². The molecule has 0 aliphatic rings. The quantitative estimate of drug-likeness (QED) is 0.437. The van der Waals surface area contributed by atoms with Crippen LogP contribution in [0.15, 0.2) is 58.6 Å². The third-order valence-corrected chi connectivity index (χ3v) is 6.02. The molecule has 0 fully saturated rings. The van der Waals surface area contributed by atoms with Gasteiger partial charge in [0.25, 0.3) is 11.5 Å². The van der Waals surface area contributed by atoms with Crippen molar-refractivity contribution in [3.63, 3.8) is 0 Å². The van der Waals surface area contributed by atoms with Crippen LogP contribution < -0.4 is 16.6 Å². The van der Waals surface area contributed by atoms with E-state index in [1.165, 1.54) is 13.6 Å². The fraction of sp³-hybridized carbons (Fsp3) is 0.308. The molecule has 0 radical (unpaired) electrons. The molecule has 1 amide bonds. The molecule has 8 nitrogen and oxygen atoms in total. The number of amides is 1. The molecule has 1 atom stereocenters. The lowest BCUT2D eigenvalue weighted by Crippen LogP contribution is -2.32. The molecule has 2 aromatic carbocycles. The molecule has 1 unspecified atom stereocenters. The fourth-order valence-corrected chi connectivity index (χ4v) is 3.93. The predicted molar refractivity (Wildman–Crippen MR) is 134 cm³/mol. The van der Waals surface area contributed by atoms with Crippen molar-refractivity contribution in [1.29, 1.82) is 0 Å². The summed E-state index contributed by atoms with van der Waals surface area (Å²) in [6.07, 6.45) is 3.26. The van der Waals surface area contributed by atoms with Crippen LogP contribution in [0.4, 0.5) is 0 Å². The van der Waals surface area contributed by atoms with E-state index < -0.39 is 0 Å². The number of hydrogen-bond acceptors (Lipinski definition) is 4. The minimum atomic E-state index is -0.364. The first-order valence-electron chi connectivity index (χ1n) is 11.6. The number of nitrogens with zero attached hydrogens (tertiary/aromatic N) is 4. The Kier molecular flexibility index (Phi) is 6.49. The van der Waals surface area contributed by atoms with Crippen LogP contribution in [-0.4, -0.2) is 30.7 Å². The predicted octanol–water partition coefficient (Wildman–Crippen LogP) is 3.44. The maximum absolute atomic E-state index is 13.5. The normalized spacial score (nSPS) is 12.2. The van der Waals surface area contributed by atoms with Crippen LogP contribution in [-0.2, 0) is 13.1 Å². The maximum atomic E-state index is 13.5.